The molecule has 1 aromatic rings. The largest absolute Gasteiger partial charge is 0.300 e. The van der Waals surface area contributed by atoms with Crippen LogP contribution < -0.4 is 0 Å². The van der Waals surface area contributed by atoms with Gasteiger partial charge in [-0.25, -0.2) is 0 Å². The molecule has 0 saturated heterocycles. The van der Waals surface area contributed by atoms with Gasteiger partial charge in [-0.15, -0.1) is 12.3 Å². The third-order valence-electron chi connectivity index (χ3n) is 2.55. The van der Waals surface area contributed by atoms with E-state index in [1.807, 2.05) is 6.07 Å². The highest BCUT2D eigenvalue weighted by atomic mass is 16.1. The monoisotopic (exact) mass is 214 g/mol. The Morgan fingerprint density at radius 3 is 2.88 bits per heavy atom. The first-order chi connectivity index (χ1) is 7.72. The minimum atomic E-state index is 0.316. The van der Waals surface area contributed by atoms with E-state index < -0.39 is 0 Å². The Bertz CT molecular complexity index is 385. The highest BCUT2D eigenvalue weighted by molar-refractivity contribution is 5.78. The van der Waals surface area contributed by atoms with Crippen LogP contribution in [-0.4, -0.2) is 5.78 Å². The average molecular weight is 214 g/mol. The fraction of sp³-hybridized carbons (Fsp3) is 0.400. The molecule has 1 heteroatoms. The Morgan fingerprint density at radius 2 is 2.19 bits per heavy atom. The van der Waals surface area contributed by atoms with Gasteiger partial charge in [-0.3, -0.25) is 4.79 Å². The van der Waals surface area contributed by atoms with Gasteiger partial charge in [0.05, 0.1) is 0 Å². The molecule has 16 heavy (non-hydrogen) atoms. The molecule has 0 N–H and O–H groups in total. The summed E-state index contributed by atoms with van der Waals surface area (Å²) in [5.74, 6) is 2.87. The first kappa shape index (κ1) is 12.5. The van der Waals surface area contributed by atoms with E-state index in [2.05, 4.69) is 31.0 Å². The summed E-state index contributed by atoms with van der Waals surface area (Å²) in [6.07, 6.45) is 8.76. The number of unbranched alkanes of at least 4 members (excludes halogenated alkanes) is 1. The second-order valence-electron chi connectivity index (χ2n) is 4.09. The van der Waals surface area contributed by atoms with Crippen molar-refractivity contribution in [3.63, 3.8) is 0 Å². The van der Waals surface area contributed by atoms with Gasteiger partial charge in [0.1, 0.15) is 5.78 Å². The van der Waals surface area contributed by atoms with Crippen LogP contribution in [0, 0.1) is 19.3 Å². The van der Waals surface area contributed by atoms with Crippen molar-refractivity contribution in [3.05, 3.63) is 35.4 Å². The van der Waals surface area contributed by atoms with E-state index >= 15 is 0 Å². The van der Waals surface area contributed by atoms with Gasteiger partial charge in [0.2, 0.25) is 0 Å². The van der Waals surface area contributed by atoms with E-state index in [1.54, 1.807) is 0 Å². The third kappa shape index (κ3) is 4.79. The molecule has 0 radical (unpaired) electrons. The molecule has 0 aliphatic heterocycles. The van der Waals surface area contributed by atoms with Gasteiger partial charge >= 0.3 is 0 Å². The fourth-order valence-electron chi connectivity index (χ4n) is 1.66. The summed E-state index contributed by atoms with van der Waals surface area (Å²) in [5.41, 5.74) is 2.49. The zero-order valence-corrected chi connectivity index (χ0v) is 9.83. The summed E-state index contributed by atoms with van der Waals surface area (Å²) in [7, 11) is 0. The minimum Gasteiger partial charge on any atom is -0.300 e. The van der Waals surface area contributed by atoms with Crippen LogP contribution in [0.5, 0.6) is 0 Å². The van der Waals surface area contributed by atoms with E-state index in [9.17, 15) is 4.79 Å². The smallest absolute Gasteiger partial charge is 0.133 e. The first-order valence-corrected chi connectivity index (χ1v) is 5.73. The Balaban J connectivity index is 2.29. The van der Waals surface area contributed by atoms with Crippen LogP contribution in [0.3, 0.4) is 0 Å². The van der Waals surface area contributed by atoms with Gasteiger partial charge in [-0.2, -0.15) is 0 Å². The number of carbonyl (C=O) groups excluding carboxylic acids is 1. The van der Waals surface area contributed by atoms with Gasteiger partial charge in [0.15, 0.2) is 0 Å². The zero-order chi connectivity index (χ0) is 11.8. The number of aryl methyl sites for hydroxylation is 2. The van der Waals surface area contributed by atoms with Gasteiger partial charge in [0.25, 0.3) is 0 Å². The van der Waals surface area contributed by atoms with Crippen LogP contribution in [0.4, 0.5) is 0 Å². The van der Waals surface area contributed by atoms with Crippen molar-refractivity contribution in [2.75, 3.05) is 0 Å². The molecule has 84 valence electrons. The molecule has 0 bridgehead atoms. The minimum absolute atomic E-state index is 0.316. The predicted octanol–water partition coefficient (Wildman–Crippen LogP) is 3.30. The summed E-state index contributed by atoms with van der Waals surface area (Å²) >= 11 is 0. The van der Waals surface area contributed by atoms with Crippen molar-refractivity contribution in [1.29, 1.82) is 0 Å². The second-order valence-corrected chi connectivity index (χ2v) is 4.09. The van der Waals surface area contributed by atoms with Crippen LogP contribution in [-0.2, 0) is 11.2 Å². The van der Waals surface area contributed by atoms with E-state index in [4.69, 9.17) is 6.42 Å². The van der Waals surface area contributed by atoms with Gasteiger partial charge in [-0.1, -0.05) is 29.8 Å². The SMILES string of the molecule is C#CCCCC(=O)CCc1cccc(C)c1. The van der Waals surface area contributed by atoms with Crippen molar-refractivity contribution >= 4 is 5.78 Å². The fourth-order valence-corrected chi connectivity index (χ4v) is 1.66. The lowest BCUT2D eigenvalue weighted by Gasteiger charge is -2.02. The molecule has 0 heterocycles. The van der Waals surface area contributed by atoms with Crippen LogP contribution >= 0.6 is 0 Å². The highest BCUT2D eigenvalue weighted by Gasteiger charge is 2.02. The zero-order valence-electron chi connectivity index (χ0n) is 9.83. The molecule has 1 nitrogen and oxygen atoms in total. The van der Waals surface area contributed by atoms with Crippen LogP contribution in [0.15, 0.2) is 24.3 Å². The first-order valence-electron chi connectivity index (χ1n) is 5.73. The number of terminal acetylenes is 1. The number of Topliss-reactive ketones (excluding diaryl/α,β-unsaturated/α-hetero) is 1. The maximum Gasteiger partial charge on any atom is 0.133 e. The highest BCUT2D eigenvalue weighted by Crippen LogP contribution is 2.08. The molecule has 0 saturated carbocycles. The van der Waals surface area contributed by atoms with Crippen LogP contribution in [0.1, 0.15) is 36.8 Å². The lowest BCUT2D eigenvalue weighted by Crippen LogP contribution is -2.00. The lowest BCUT2D eigenvalue weighted by molar-refractivity contribution is -0.119. The summed E-state index contributed by atoms with van der Waals surface area (Å²) in [6.45, 7) is 2.07. The Hall–Kier alpha value is -1.55. The van der Waals surface area contributed by atoms with E-state index in [-0.39, 0.29) is 0 Å². The van der Waals surface area contributed by atoms with Gasteiger partial charge < -0.3 is 0 Å². The summed E-state index contributed by atoms with van der Waals surface area (Å²) in [5, 5.41) is 0. The molecule has 0 aliphatic carbocycles. The maximum atomic E-state index is 11.5. The molecule has 0 fully saturated rings. The molecular weight excluding hydrogens is 196 g/mol. The van der Waals surface area contributed by atoms with Crippen molar-refractivity contribution in [2.45, 2.75) is 39.0 Å². The molecular formula is C15H18O. The molecule has 0 spiro atoms. The number of benzene rings is 1. The number of carbonyl (C=O) groups is 1. The van der Waals surface area contributed by atoms with Crippen molar-refractivity contribution in [2.24, 2.45) is 0 Å². The summed E-state index contributed by atoms with van der Waals surface area (Å²) in [6, 6.07) is 8.31. The summed E-state index contributed by atoms with van der Waals surface area (Å²) < 4.78 is 0. The molecule has 1 rings (SSSR count). The Morgan fingerprint density at radius 1 is 1.38 bits per heavy atom. The van der Waals surface area contributed by atoms with Crippen molar-refractivity contribution in [1.82, 2.24) is 0 Å². The van der Waals surface area contributed by atoms with Gasteiger partial charge in [0, 0.05) is 19.3 Å². The molecule has 1 aromatic carbocycles. The summed E-state index contributed by atoms with van der Waals surface area (Å²) in [4.78, 5) is 11.5. The van der Waals surface area contributed by atoms with E-state index in [1.165, 1.54) is 11.1 Å². The van der Waals surface area contributed by atoms with Crippen molar-refractivity contribution < 1.29 is 4.79 Å². The average Bonchev–Trinajstić information content (AvgIpc) is 2.27. The van der Waals surface area contributed by atoms with Crippen LogP contribution in [0.25, 0.3) is 0 Å². The van der Waals surface area contributed by atoms with E-state index in [0.29, 0.717) is 25.0 Å². The standard InChI is InChI=1S/C15H18O/c1-3-4-5-9-15(16)11-10-14-8-6-7-13(2)12-14/h1,6-8,12H,4-5,9-11H2,2H3. The topological polar surface area (TPSA) is 17.1 Å². The molecule has 0 unspecified atom stereocenters. The molecule has 0 aliphatic rings. The number of ketones is 1. The van der Waals surface area contributed by atoms with Crippen molar-refractivity contribution in [3.8, 4) is 12.3 Å². The molecule has 0 atom stereocenters. The molecule has 0 aromatic heterocycles. The lowest BCUT2D eigenvalue weighted by atomic mass is 10.0. The maximum absolute atomic E-state index is 11.5. The Labute approximate surface area is 97.9 Å². The van der Waals surface area contributed by atoms with Gasteiger partial charge in [-0.05, 0) is 25.3 Å². The number of rotatable bonds is 6. The Kier molecular flexibility index (Phi) is 5.36. The molecule has 0 amide bonds. The quantitative estimate of drug-likeness (QED) is 0.524. The van der Waals surface area contributed by atoms with E-state index in [0.717, 1.165) is 12.8 Å². The predicted molar refractivity (Wildman–Crippen MR) is 67.2 cm³/mol. The number of hydrogen-bond donors (Lipinski definition) is 0. The number of hydrogen-bond acceptors (Lipinski definition) is 1. The second kappa shape index (κ2) is 6.85. The third-order valence-corrected chi connectivity index (χ3v) is 2.55. The normalized spacial score (nSPS) is 9.75. The van der Waals surface area contributed by atoms with Crippen LogP contribution in [0.2, 0.25) is 0 Å².